The number of carbonyl (C=O) groups is 2. The van der Waals surface area contributed by atoms with Crippen LogP contribution in [-0.4, -0.2) is 37.2 Å². The van der Waals surface area contributed by atoms with Crippen LogP contribution in [0.4, 0.5) is 4.79 Å². The van der Waals surface area contributed by atoms with Crippen LogP contribution in [0.5, 0.6) is 0 Å². The van der Waals surface area contributed by atoms with Crippen LogP contribution in [0, 0.1) is 13.8 Å². The number of pyridine rings is 1. The highest BCUT2D eigenvalue weighted by atomic mass is 16.6. The van der Waals surface area contributed by atoms with Crippen molar-refractivity contribution < 1.29 is 18.8 Å². The maximum absolute atomic E-state index is 13.4. The molecule has 0 unspecified atom stereocenters. The summed E-state index contributed by atoms with van der Waals surface area (Å²) in [6.45, 7) is 8.90. The quantitative estimate of drug-likeness (QED) is 0.444. The number of ether oxygens (including phenoxy) is 1. The zero-order chi connectivity index (χ0) is 22.3. The second-order valence-electron chi connectivity index (χ2n) is 8.20. The monoisotopic (exact) mass is 418 g/mol. The van der Waals surface area contributed by atoms with Gasteiger partial charge in [0.25, 0.3) is 0 Å². The Kier molecular flexibility index (Phi) is 4.93. The summed E-state index contributed by atoms with van der Waals surface area (Å²) in [6.07, 6.45) is 0.874. The number of hydrogen-bond donors (Lipinski definition) is 0. The van der Waals surface area contributed by atoms with E-state index in [4.69, 9.17) is 9.26 Å². The fraction of sp³-hybridized carbons (Fsp3) is 0.261. The van der Waals surface area contributed by atoms with Crippen LogP contribution < -0.4 is 0 Å². The molecule has 0 aliphatic heterocycles. The second kappa shape index (κ2) is 7.46. The predicted octanol–water partition coefficient (Wildman–Crippen LogP) is 4.72. The second-order valence-corrected chi connectivity index (χ2v) is 8.20. The minimum Gasteiger partial charge on any atom is -0.443 e. The summed E-state index contributed by atoms with van der Waals surface area (Å²) in [5.41, 5.74) is 2.60. The molecule has 3 heterocycles. The summed E-state index contributed by atoms with van der Waals surface area (Å²) in [7, 11) is 0. The van der Waals surface area contributed by atoms with Gasteiger partial charge in [-0.05, 0) is 58.9 Å². The van der Waals surface area contributed by atoms with E-state index in [1.165, 1.54) is 10.8 Å². The van der Waals surface area contributed by atoms with E-state index in [1.807, 2.05) is 6.92 Å². The van der Waals surface area contributed by atoms with Gasteiger partial charge in [-0.15, -0.1) is 0 Å². The number of aryl methyl sites for hydroxylation is 2. The van der Waals surface area contributed by atoms with Gasteiger partial charge >= 0.3 is 6.09 Å². The molecule has 0 amide bonds. The molecule has 0 spiro atoms. The Hall–Kier alpha value is -3.81. The van der Waals surface area contributed by atoms with Gasteiger partial charge in [-0.3, -0.25) is 9.78 Å². The summed E-state index contributed by atoms with van der Waals surface area (Å²) < 4.78 is 12.0. The Morgan fingerprint density at radius 1 is 1.10 bits per heavy atom. The topological polar surface area (TPSA) is 100 Å². The summed E-state index contributed by atoms with van der Waals surface area (Å²) in [4.78, 5) is 35.2. The first-order valence-corrected chi connectivity index (χ1v) is 9.80. The van der Waals surface area contributed by atoms with Gasteiger partial charge in [-0.1, -0.05) is 17.3 Å². The van der Waals surface area contributed by atoms with E-state index in [1.54, 1.807) is 64.1 Å². The van der Waals surface area contributed by atoms with Crippen molar-refractivity contribution in [3.63, 3.8) is 0 Å². The summed E-state index contributed by atoms with van der Waals surface area (Å²) in [5.74, 6) is 0.166. The fourth-order valence-electron chi connectivity index (χ4n) is 3.36. The van der Waals surface area contributed by atoms with Gasteiger partial charge in [0, 0.05) is 11.8 Å². The molecule has 0 radical (unpaired) electrons. The minimum absolute atomic E-state index is 0.0219. The Morgan fingerprint density at radius 2 is 1.84 bits per heavy atom. The van der Waals surface area contributed by atoms with Gasteiger partial charge in [-0.25, -0.2) is 14.3 Å². The molecule has 0 saturated carbocycles. The van der Waals surface area contributed by atoms with Crippen molar-refractivity contribution in [3.05, 3.63) is 65.4 Å². The third-order valence-corrected chi connectivity index (χ3v) is 4.65. The largest absolute Gasteiger partial charge is 0.443 e. The lowest BCUT2D eigenvalue weighted by Gasteiger charge is -2.20. The van der Waals surface area contributed by atoms with E-state index in [9.17, 15) is 9.59 Å². The first-order valence-electron chi connectivity index (χ1n) is 9.80. The molecule has 1 aromatic carbocycles. The Bertz CT molecular complexity index is 1290. The lowest BCUT2D eigenvalue weighted by Crippen LogP contribution is -2.29. The summed E-state index contributed by atoms with van der Waals surface area (Å²) in [6, 6.07) is 10.3. The molecule has 3 aromatic heterocycles. The van der Waals surface area contributed by atoms with Crippen LogP contribution in [0.3, 0.4) is 0 Å². The number of hydrogen-bond acceptors (Lipinski definition) is 7. The zero-order valence-electron chi connectivity index (χ0n) is 18.0. The highest BCUT2D eigenvalue weighted by Crippen LogP contribution is 2.27. The molecule has 0 atom stereocenters. The number of rotatable bonds is 3. The molecule has 4 aromatic rings. The number of ketones is 1. The van der Waals surface area contributed by atoms with Crippen LogP contribution in [-0.2, 0) is 4.74 Å². The van der Waals surface area contributed by atoms with Gasteiger partial charge in [0.1, 0.15) is 11.4 Å². The molecular weight excluding hydrogens is 396 g/mol. The number of nitrogens with zero attached hydrogens (tertiary/aromatic N) is 4. The minimum atomic E-state index is -0.726. The van der Waals surface area contributed by atoms with Crippen molar-refractivity contribution in [1.82, 2.24) is 19.7 Å². The number of imidazole rings is 1. The molecule has 0 bridgehead atoms. The average molecular weight is 418 g/mol. The molecule has 0 fully saturated rings. The third kappa shape index (κ3) is 3.84. The van der Waals surface area contributed by atoms with E-state index in [2.05, 4.69) is 15.1 Å². The van der Waals surface area contributed by atoms with Gasteiger partial charge in [0.2, 0.25) is 5.78 Å². The first-order chi connectivity index (χ1) is 14.7. The van der Waals surface area contributed by atoms with Gasteiger partial charge in [0.15, 0.2) is 5.82 Å². The van der Waals surface area contributed by atoms with Crippen molar-refractivity contribution in [2.45, 2.75) is 40.2 Å². The standard InChI is InChI=1S/C23H22N4O4/c1-13-19(14(2)31-26-13)17-12-15(10-11-24-17)20(28)21-25-16-8-6-7-9-18(16)27(21)22(29)30-23(3,4)5/h6-12H,1-5H3. The molecule has 31 heavy (non-hydrogen) atoms. The van der Waals surface area contributed by atoms with Crippen LogP contribution in [0.2, 0.25) is 0 Å². The first kappa shape index (κ1) is 20.5. The van der Waals surface area contributed by atoms with Crippen molar-refractivity contribution in [3.8, 4) is 11.3 Å². The molecule has 0 N–H and O–H groups in total. The lowest BCUT2D eigenvalue weighted by molar-refractivity contribution is 0.0535. The van der Waals surface area contributed by atoms with Gasteiger partial charge in [-0.2, -0.15) is 0 Å². The maximum atomic E-state index is 13.4. The molecule has 0 aliphatic rings. The molecule has 4 rings (SSSR count). The summed E-state index contributed by atoms with van der Waals surface area (Å²) in [5, 5.41) is 3.95. The van der Waals surface area contributed by atoms with Gasteiger partial charge in [0.05, 0.1) is 28.0 Å². The van der Waals surface area contributed by atoms with Crippen molar-refractivity contribution in [2.24, 2.45) is 0 Å². The molecule has 8 nitrogen and oxygen atoms in total. The molecular formula is C23H22N4O4. The van der Waals surface area contributed by atoms with E-state index in [0.717, 1.165) is 5.56 Å². The zero-order valence-corrected chi connectivity index (χ0v) is 18.0. The predicted molar refractivity (Wildman–Crippen MR) is 114 cm³/mol. The van der Waals surface area contributed by atoms with Gasteiger partial charge < -0.3 is 9.26 Å². The Morgan fingerprint density at radius 3 is 2.52 bits per heavy atom. The van der Waals surface area contributed by atoms with Crippen LogP contribution >= 0.6 is 0 Å². The molecule has 0 saturated heterocycles. The lowest BCUT2D eigenvalue weighted by atomic mass is 10.1. The van der Waals surface area contributed by atoms with Crippen LogP contribution in [0.15, 0.2) is 47.1 Å². The maximum Gasteiger partial charge on any atom is 0.420 e. The number of benzene rings is 1. The van der Waals surface area contributed by atoms with E-state index >= 15 is 0 Å². The Balaban J connectivity index is 1.83. The fourth-order valence-corrected chi connectivity index (χ4v) is 3.36. The third-order valence-electron chi connectivity index (χ3n) is 4.65. The average Bonchev–Trinajstić information content (AvgIpc) is 3.26. The van der Waals surface area contributed by atoms with Crippen molar-refractivity contribution in [1.29, 1.82) is 0 Å². The van der Waals surface area contributed by atoms with Crippen LogP contribution in [0.25, 0.3) is 22.3 Å². The molecule has 8 heteroatoms. The SMILES string of the molecule is Cc1noc(C)c1-c1cc(C(=O)c2nc3ccccc3n2C(=O)OC(C)(C)C)ccn1. The van der Waals surface area contributed by atoms with Crippen LogP contribution in [0.1, 0.15) is 48.4 Å². The highest BCUT2D eigenvalue weighted by molar-refractivity contribution is 6.11. The number of fused-ring (bicyclic) bond motifs is 1. The van der Waals surface area contributed by atoms with Crippen molar-refractivity contribution >= 4 is 22.9 Å². The number of carbonyl (C=O) groups excluding carboxylic acids is 2. The molecule has 158 valence electrons. The van der Waals surface area contributed by atoms with E-state index in [0.29, 0.717) is 33.7 Å². The highest BCUT2D eigenvalue weighted by Gasteiger charge is 2.27. The van der Waals surface area contributed by atoms with E-state index < -0.39 is 17.5 Å². The van der Waals surface area contributed by atoms with Crippen molar-refractivity contribution in [2.75, 3.05) is 0 Å². The van der Waals surface area contributed by atoms with E-state index in [-0.39, 0.29) is 5.82 Å². The smallest absolute Gasteiger partial charge is 0.420 e. The Labute approximate surface area is 178 Å². The normalized spacial score (nSPS) is 11.6. The number of para-hydroxylation sites is 2. The molecule has 0 aliphatic carbocycles. The summed E-state index contributed by atoms with van der Waals surface area (Å²) >= 11 is 0. The number of aromatic nitrogens is 4.